The fourth-order valence-corrected chi connectivity index (χ4v) is 3.59. The molecular weight excluding hydrogens is 386 g/mol. The number of nitrogens with zero attached hydrogens (tertiary/aromatic N) is 1. The van der Waals surface area contributed by atoms with E-state index in [-0.39, 0.29) is 12.6 Å². The predicted octanol–water partition coefficient (Wildman–Crippen LogP) is 3.77. The topological polar surface area (TPSA) is 75.1 Å². The second-order valence-electron chi connectivity index (χ2n) is 5.85. The molecule has 0 radical (unpaired) electrons. The molecule has 2 unspecified atom stereocenters. The number of halogens is 1. The van der Waals surface area contributed by atoms with Crippen LogP contribution in [0.1, 0.15) is 36.4 Å². The van der Waals surface area contributed by atoms with Crippen LogP contribution in [0.4, 0.5) is 0 Å². The van der Waals surface area contributed by atoms with E-state index in [0.29, 0.717) is 16.8 Å². The summed E-state index contributed by atoms with van der Waals surface area (Å²) >= 11 is 7.29. The standard InChI is InChI=1S/C19H26ClN3O3S/c1-5-21-19(22-11-15(24)17-8-9-18(20)27-17)23-12(2)14-10-13(25-3)6-7-16(14)26-4/h6-10,12,15,24H,5,11H2,1-4H3,(H2,21,22,23). The zero-order chi connectivity index (χ0) is 19.8. The van der Waals surface area contributed by atoms with Gasteiger partial charge in [0.25, 0.3) is 0 Å². The van der Waals surface area contributed by atoms with Crippen molar-refractivity contribution in [2.24, 2.45) is 4.99 Å². The lowest BCUT2D eigenvalue weighted by Gasteiger charge is -2.21. The second-order valence-corrected chi connectivity index (χ2v) is 7.60. The van der Waals surface area contributed by atoms with Gasteiger partial charge in [-0.15, -0.1) is 11.3 Å². The number of nitrogens with one attached hydrogen (secondary N) is 2. The van der Waals surface area contributed by atoms with Crippen LogP contribution in [-0.4, -0.2) is 38.4 Å². The molecule has 3 N–H and O–H groups in total. The van der Waals surface area contributed by atoms with E-state index < -0.39 is 6.10 Å². The van der Waals surface area contributed by atoms with E-state index in [2.05, 4.69) is 15.6 Å². The summed E-state index contributed by atoms with van der Waals surface area (Å²) < 4.78 is 11.4. The third-order valence-corrected chi connectivity index (χ3v) is 5.28. The number of thiophene rings is 1. The number of hydrogen-bond acceptors (Lipinski definition) is 5. The van der Waals surface area contributed by atoms with Crippen molar-refractivity contribution in [2.75, 3.05) is 27.3 Å². The summed E-state index contributed by atoms with van der Waals surface area (Å²) in [4.78, 5) is 5.29. The fourth-order valence-electron chi connectivity index (χ4n) is 2.56. The van der Waals surface area contributed by atoms with E-state index in [4.69, 9.17) is 21.1 Å². The van der Waals surface area contributed by atoms with Gasteiger partial charge in [0.05, 0.1) is 31.1 Å². The molecule has 2 rings (SSSR count). The molecule has 1 aromatic carbocycles. The molecule has 2 atom stereocenters. The van der Waals surface area contributed by atoms with Crippen LogP contribution in [0.3, 0.4) is 0 Å². The number of benzene rings is 1. The minimum Gasteiger partial charge on any atom is -0.497 e. The number of aliphatic hydroxyl groups excluding tert-OH is 1. The van der Waals surface area contributed by atoms with Crippen LogP contribution >= 0.6 is 22.9 Å². The van der Waals surface area contributed by atoms with Crippen molar-refractivity contribution in [3.05, 3.63) is 45.1 Å². The van der Waals surface area contributed by atoms with Gasteiger partial charge in [-0.25, -0.2) is 0 Å². The average molecular weight is 412 g/mol. The van der Waals surface area contributed by atoms with E-state index in [1.54, 1.807) is 20.3 Å². The molecule has 1 heterocycles. The van der Waals surface area contributed by atoms with Crippen LogP contribution in [0, 0.1) is 0 Å². The largest absolute Gasteiger partial charge is 0.497 e. The predicted molar refractivity (Wildman–Crippen MR) is 111 cm³/mol. The van der Waals surface area contributed by atoms with Gasteiger partial charge in [-0.05, 0) is 44.2 Å². The lowest BCUT2D eigenvalue weighted by molar-refractivity contribution is 0.191. The van der Waals surface area contributed by atoms with Crippen molar-refractivity contribution in [1.82, 2.24) is 10.6 Å². The molecule has 0 aliphatic heterocycles. The molecule has 0 spiro atoms. The number of ether oxygens (including phenoxy) is 2. The molecule has 2 aromatic rings. The first-order valence-electron chi connectivity index (χ1n) is 8.68. The molecule has 148 valence electrons. The van der Waals surface area contributed by atoms with Gasteiger partial charge in [-0.2, -0.15) is 0 Å². The van der Waals surface area contributed by atoms with Gasteiger partial charge < -0.3 is 25.2 Å². The van der Waals surface area contributed by atoms with E-state index >= 15 is 0 Å². The average Bonchev–Trinajstić information content (AvgIpc) is 3.11. The van der Waals surface area contributed by atoms with E-state index in [1.807, 2.05) is 38.1 Å². The monoisotopic (exact) mass is 411 g/mol. The van der Waals surface area contributed by atoms with Crippen LogP contribution < -0.4 is 20.1 Å². The highest BCUT2D eigenvalue weighted by atomic mass is 35.5. The highest BCUT2D eigenvalue weighted by molar-refractivity contribution is 7.16. The van der Waals surface area contributed by atoms with Crippen molar-refractivity contribution < 1.29 is 14.6 Å². The molecule has 6 nitrogen and oxygen atoms in total. The Labute approximate surface area is 169 Å². The fraction of sp³-hybridized carbons (Fsp3) is 0.421. The Bertz CT molecular complexity index is 766. The van der Waals surface area contributed by atoms with Crippen LogP contribution in [0.2, 0.25) is 4.34 Å². The number of aliphatic hydroxyl groups is 1. The third kappa shape index (κ3) is 6.02. The Balaban J connectivity index is 2.12. The van der Waals surface area contributed by atoms with Crippen LogP contribution in [-0.2, 0) is 0 Å². The molecule has 0 saturated carbocycles. The lowest BCUT2D eigenvalue weighted by atomic mass is 10.1. The summed E-state index contributed by atoms with van der Waals surface area (Å²) in [6, 6.07) is 9.17. The van der Waals surface area contributed by atoms with Gasteiger partial charge in [-0.1, -0.05) is 11.6 Å². The maximum Gasteiger partial charge on any atom is 0.191 e. The quantitative estimate of drug-likeness (QED) is 0.455. The first-order valence-corrected chi connectivity index (χ1v) is 9.88. The zero-order valence-electron chi connectivity index (χ0n) is 16.0. The van der Waals surface area contributed by atoms with Crippen LogP contribution in [0.25, 0.3) is 0 Å². The Morgan fingerprint density at radius 2 is 2.04 bits per heavy atom. The highest BCUT2D eigenvalue weighted by Crippen LogP contribution is 2.29. The second kappa shape index (κ2) is 10.4. The number of hydrogen-bond donors (Lipinski definition) is 3. The van der Waals surface area contributed by atoms with E-state index in [1.165, 1.54) is 11.3 Å². The Morgan fingerprint density at radius 1 is 1.26 bits per heavy atom. The van der Waals surface area contributed by atoms with Gasteiger partial charge in [0.15, 0.2) is 5.96 Å². The molecule has 0 fully saturated rings. The van der Waals surface area contributed by atoms with Crippen molar-refractivity contribution >= 4 is 28.9 Å². The summed E-state index contributed by atoms with van der Waals surface area (Å²) in [6.07, 6.45) is -0.695. The SMILES string of the molecule is CCNC(=NCC(O)c1ccc(Cl)s1)NC(C)c1cc(OC)ccc1OC. The minimum atomic E-state index is -0.695. The first-order chi connectivity index (χ1) is 13.0. The van der Waals surface area contributed by atoms with E-state index in [0.717, 1.165) is 21.9 Å². The number of rotatable bonds is 8. The van der Waals surface area contributed by atoms with Crippen molar-refractivity contribution in [3.8, 4) is 11.5 Å². The summed E-state index contributed by atoms with van der Waals surface area (Å²) in [7, 11) is 3.27. The Kier molecular flexibility index (Phi) is 8.22. The molecule has 0 saturated heterocycles. The molecule has 0 aliphatic rings. The Morgan fingerprint density at radius 3 is 2.63 bits per heavy atom. The van der Waals surface area contributed by atoms with Crippen molar-refractivity contribution in [1.29, 1.82) is 0 Å². The highest BCUT2D eigenvalue weighted by Gasteiger charge is 2.15. The van der Waals surface area contributed by atoms with E-state index in [9.17, 15) is 5.11 Å². The minimum absolute atomic E-state index is 0.0822. The van der Waals surface area contributed by atoms with Crippen LogP contribution in [0.5, 0.6) is 11.5 Å². The maximum atomic E-state index is 10.3. The van der Waals surface area contributed by atoms with Gasteiger partial charge in [-0.3, -0.25) is 4.99 Å². The number of methoxy groups -OCH3 is 2. The maximum absolute atomic E-state index is 10.3. The molecule has 0 bridgehead atoms. The molecular formula is C19H26ClN3O3S. The molecule has 27 heavy (non-hydrogen) atoms. The van der Waals surface area contributed by atoms with Crippen molar-refractivity contribution in [3.63, 3.8) is 0 Å². The molecule has 1 aromatic heterocycles. The summed E-state index contributed by atoms with van der Waals surface area (Å²) in [6.45, 7) is 4.94. The van der Waals surface area contributed by atoms with Gasteiger partial charge in [0, 0.05) is 17.0 Å². The van der Waals surface area contributed by atoms with Gasteiger partial charge in [0.1, 0.15) is 17.6 Å². The van der Waals surface area contributed by atoms with Crippen molar-refractivity contribution in [2.45, 2.75) is 26.0 Å². The summed E-state index contributed by atoms with van der Waals surface area (Å²) in [5.41, 5.74) is 0.952. The third-order valence-electron chi connectivity index (χ3n) is 3.95. The Hall–Kier alpha value is -1.96. The molecule has 0 amide bonds. The van der Waals surface area contributed by atoms with Crippen LogP contribution in [0.15, 0.2) is 35.3 Å². The molecule has 0 aliphatic carbocycles. The smallest absolute Gasteiger partial charge is 0.191 e. The normalized spacial score (nSPS) is 13.8. The van der Waals surface area contributed by atoms with Gasteiger partial charge in [0.2, 0.25) is 0 Å². The first kappa shape index (κ1) is 21.3. The summed E-state index contributed by atoms with van der Waals surface area (Å²) in [5.74, 6) is 2.13. The number of guanidine groups is 1. The van der Waals surface area contributed by atoms with Gasteiger partial charge >= 0.3 is 0 Å². The zero-order valence-corrected chi connectivity index (χ0v) is 17.5. The lowest BCUT2D eigenvalue weighted by Crippen LogP contribution is -2.39. The summed E-state index contributed by atoms with van der Waals surface area (Å²) in [5, 5.41) is 16.8. The molecule has 8 heteroatoms. The number of aliphatic imine (C=N–C) groups is 1.